The van der Waals surface area contributed by atoms with Gasteiger partial charge in [-0.2, -0.15) is 18.4 Å². The van der Waals surface area contributed by atoms with Gasteiger partial charge in [-0.3, -0.25) is 4.79 Å². The molecule has 8 heteroatoms. The summed E-state index contributed by atoms with van der Waals surface area (Å²) >= 11 is 0. The van der Waals surface area contributed by atoms with Gasteiger partial charge in [0.25, 0.3) is 5.91 Å². The molecule has 0 aliphatic heterocycles. The van der Waals surface area contributed by atoms with Crippen LogP contribution in [0.2, 0.25) is 0 Å². The van der Waals surface area contributed by atoms with Crippen LogP contribution in [0.4, 0.5) is 13.2 Å². The number of carbonyl (C=O) groups excluding carboxylic acids is 1. The average Bonchev–Trinajstić information content (AvgIpc) is 2.78. The molecule has 5 nitrogen and oxygen atoms in total. The first-order valence-corrected chi connectivity index (χ1v) is 7.76. The molecule has 3 N–H and O–H groups in total. The molecule has 0 atom stereocenters. The smallest absolute Gasteiger partial charge is 0.416 e. The number of carbonyl (C=O) groups is 1. The van der Waals surface area contributed by atoms with Gasteiger partial charge in [-0.1, -0.05) is 18.2 Å². The predicted octanol–water partition coefficient (Wildman–Crippen LogP) is 3.99. The molecule has 0 saturated heterocycles. The van der Waals surface area contributed by atoms with Crippen LogP contribution in [0.5, 0.6) is 0 Å². The molecule has 27 heavy (non-hydrogen) atoms. The molecule has 0 saturated carbocycles. The average molecular weight is 376 g/mol. The number of benzene rings is 1. The molecule has 0 spiro atoms. The van der Waals surface area contributed by atoms with E-state index >= 15 is 0 Å². The second-order valence-corrected chi connectivity index (χ2v) is 5.65. The van der Waals surface area contributed by atoms with E-state index < -0.39 is 23.4 Å². The monoisotopic (exact) mass is 376 g/mol. The Morgan fingerprint density at radius 3 is 2.70 bits per heavy atom. The van der Waals surface area contributed by atoms with Crippen LogP contribution < -0.4 is 5.32 Å². The summed E-state index contributed by atoms with van der Waals surface area (Å²) in [5.74, 6) is -1.51. The third-order valence-corrected chi connectivity index (χ3v) is 3.62. The number of allylic oxidation sites excluding steroid dienone is 5. The molecular formula is C19H15F3N2O3. The van der Waals surface area contributed by atoms with E-state index in [9.17, 15) is 28.2 Å². The number of nitrogens with zero attached hydrogens (tertiary/aromatic N) is 1. The molecule has 0 aromatic heterocycles. The van der Waals surface area contributed by atoms with Crippen LogP contribution in [0.3, 0.4) is 0 Å². The van der Waals surface area contributed by atoms with Crippen LogP contribution in [-0.4, -0.2) is 16.1 Å². The SMILES string of the molecule is N#C/C(=C\C1=CC(O)=C(O)C=CC1)C(=O)NCc1cccc(C(F)(F)F)c1. The van der Waals surface area contributed by atoms with Gasteiger partial charge < -0.3 is 15.5 Å². The lowest BCUT2D eigenvalue weighted by molar-refractivity contribution is -0.137. The molecule has 140 valence electrons. The Kier molecular flexibility index (Phi) is 6.08. The summed E-state index contributed by atoms with van der Waals surface area (Å²) in [5, 5.41) is 30.6. The van der Waals surface area contributed by atoms with E-state index in [1.165, 1.54) is 36.4 Å². The molecule has 2 rings (SSSR count). The second kappa shape index (κ2) is 8.27. The second-order valence-electron chi connectivity index (χ2n) is 5.65. The number of halogens is 3. The summed E-state index contributed by atoms with van der Waals surface area (Å²) in [4.78, 5) is 12.1. The van der Waals surface area contributed by atoms with Crippen molar-refractivity contribution in [3.05, 3.63) is 82.4 Å². The van der Waals surface area contributed by atoms with E-state index in [2.05, 4.69) is 5.32 Å². The van der Waals surface area contributed by atoms with Gasteiger partial charge in [0.2, 0.25) is 0 Å². The summed E-state index contributed by atoms with van der Waals surface area (Å²) in [6.07, 6.45) is 1.05. The van der Waals surface area contributed by atoms with Crippen molar-refractivity contribution in [3.8, 4) is 6.07 Å². The van der Waals surface area contributed by atoms with Gasteiger partial charge in [-0.25, -0.2) is 0 Å². The first-order valence-electron chi connectivity index (χ1n) is 7.76. The molecule has 0 radical (unpaired) electrons. The van der Waals surface area contributed by atoms with Crippen molar-refractivity contribution >= 4 is 5.91 Å². The van der Waals surface area contributed by atoms with Crippen LogP contribution in [-0.2, 0) is 17.5 Å². The predicted molar refractivity (Wildman–Crippen MR) is 91.1 cm³/mol. The van der Waals surface area contributed by atoms with Crippen LogP contribution in [0, 0.1) is 11.3 Å². The fourth-order valence-corrected chi connectivity index (χ4v) is 2.27. The van der Waals surface area contributed by atoms with Gasteiger partial charge in [0.1, 0.15) is 11.6 Å². The molecule has 1 aromatic carbocycles. The summed E-state index contributed by atoms with van der Waals surface area (Å²) < 4.78 is 38.1. The number of alkyl halides is 3. The number of aliphatic hydroxyl groups is 2. The maximum Gasteiger partial charge on any atom is 0.416 e. The topological polar surface area (TPSA) is 93.3 Å². The Morgan fingerprint density at radius 2 is 2.04 bits per heavy atom. The lowest BCUT2D eigenvalue weighted by Gasteiger charge is -2.09. The molecule has 1 aliphatic rings. The zero-order valence-electron chi connectivity index (χ0n) is 13.9. The van der Waals surface area contributed by atoms with Gasteiger partial charge in [0.05, 0.1) is 5.56 Å². The highest BCUT2D eigenvalue weighted by Gasteiger charge is 2.30. The third kappa shape index (κ3) is 5.51. The molecular weight excluding hydrogens is 361 g/mol. The number of rotatable bonds is 4. The van der Waals surface area contributed by atoms with Gasteiger partial charge >= 0.3 is 6.18 Å². The summed E-state index contributed by atoms with van der Waals surface area (Å²) in [6.45, 7) is -0.188. The van der Waals surface area contributed by atoms with E-state index in [-0.39, 0.29) is 29.9 Å². The normalized spacial score (nSPS) is 15.0. The van der Waals surface area contributed by atoms with Crippen molar-refractivity contribution in [1.29, 1.82) is 5.26 Å². The summed E-state index contributed by atoms with van der Waals surface area (Å²) in [7, 11) is 0. The minimum atomic E-state index is -4.49. The zero-order chi connectivity index (χ0) is 20.0. The van der Waals surface area contributed by atoms with Crippen molar-refractivity contribution in [2.75, 3.05) is 0 Å². The minimum Gasteiger partial charge on any atom is -0.504 e. The lowest BCUT2D eigenvalue weighted by atomic mass is 10.1. The molecule has 0 heterocycles. The number of aliphatic hydroxyl groups excluding tert-OH is 2. The molecule has 1 aliphatic carbocycles. The Labute approximate surface area is 153 Å². The van der Waals surface area contributed by atoms with Crippen molar-refractivity contribution in [1.82, 2.24) is 5.32 Å². The van der Waals surface area contributed by atoms with Crippen molar-refractivity contribution in [2.24, 2.45) is 0 Å². The van der Waals surface area contributed by atoms with E-state index in [4.69, 9.17) is 5.26 Å². The number of hydrogen-bond donors (Lipinski definition) is 3. The Hall–Kier alpha value is -3.47. The number of amides is 1. The van der Waals surface area contributed by atoms with E-state index in [1.54, 1.807) is 6.07 Å². The van der Waals surface area contributed by atoms with Crippen LogP contribution in [0.25, 0.3) is 0 Å². The first-order chi connectivity index (χ1) is 12.7. The van der Waals surface area contributed by atoms with Gasteiger partial charge in [0.15, 0.2) is 11.5 Å². The Balaban J connectivity index is 2.11. The molecule has 1 aromatic rings. The maximum atomic E-state index is 12.7. The standard InChI is InChI=1S/C19H15F3N2O3/c20-19(21,22)15-5-1-4-13(8-15)11-24-18(27)14(10-23)7-12-3-2-6-16(25)17(26)9-12/h1-2,4-9,25-26H,3,11H2,(H,24,27)/b14-7+. The molecule has 0 fully saturated rings. The highest BCUT2D eigenvalue weighted by atomic mass is 19.4. The van der Waals surface area contributed by atoms with Crippen molar-refractivity contribution in [2.45, 2.75) is 19.1 Å². The molecule has 1 amide bonds. The first kappa shape index (κ1) is 19.8. The minimum absolute atomic E-state index is 0.188. The summed E-state index contributed by atoms with van der Waals surface area (Å²) in [6, 6.07) is 6.21. The van der Waals surface area contributed by atoms with E-state index in [0.717, 1.165) is 12.1 Å². The van der Waals surface area contributed by atoms with Crippen molar-refractivity contribution < 1.29 is 28.2 Å². The van der Waals surface area contributed by atoms with E-state index in [0.29, 0.717) is 5.57 Å². The van der Waals surface area contributed by atoms with Gasteiger partial charge in [-0.05, 0) is 47.9 Å². The van der Waals surface area contributed by atoms with Crippen LogP contribution >= 0.6 is 0 Å². The lowest BCUT2D eigenvalue weighted by Crippen LogP contribution is -2.24. The van der Waals surface area contributed by atoms with E-state index in [1.807, 2.05) is 0 Å². The molecule has 0 bridgehead atoms. The highest BCUT2D eigenvalue weighted by Crippen LogP contribution is 2.29. The molecule has 0 unspecified atom stereocenters. The summed E-state index contributed by atoms with van der Waals surface area (Å²) in [5.41, 5.74) is -0.477. The number of hydrogen-bond acceptors (Lipinski definition) is 4. The van der Waals surface area contributed by atoms with Gasteiger partial charge in [-0.15, -0.1) is 0 Å². The zero-order valence-corrected chi connectivity index (χ0v) is 13.9. The third-order valence-electron chi connectivity index (χ3n) is 3.62. The maximum absolute atomic E-state index is 12.7. The number of nitriles is 1. The number of nitrogens with one attached hydrogen (secondary N) is 1. The van der Waals surface area contributed by atoms with Crippen molar-refractivity contribution in [3.63, 3.8) is 0 Å². The largest absolute Gasteiger partial charge is 0.504 e. The highest BCUT2D eigenvalue weighted by molar-refractivity contribution is 5.97. The van der Waals surface area contributed by atoms with Gasteiger partial charge in [0, 0.05) is 6.54 Å². The van der Waals surface area contributed by atoms with Crippen LogP contribution in [0.1, 0.15) is 17.5 Å². The quantitative estimate of drug-likeness (QED) is 0.547. The Bertz CT molecular complexity index is 904. The fraction of sp³-hybridized carbons (Fsp3) is 0.158. The fourth-order valence-electron chi connectivity index (χ4n) is 2.27. The Morgan fingerprint density at radius 1 is 1.30 bits per heavy atom. The van der Waals surface area contributed by atoms with Crippen LogP contribution in [0.15, 0.2) is 71.2 Å².